The van der Waals surface area contributed by atoms with Crippen molar-refractivity contribution in [3.8, 4) is 5.75 Å². The molecule has 0 radical (unpaired) electrons. The van der Waals surface area contributed by atoms with E-state index in [0.29, 0.717) is 15.7 Å². The van der Waals surface area contributed by atoms with Crippen molar-refractivity contribution < 1.29 is 17.9 Å². The van der Waals surface area contributed by atoms with Gasteiger partial charge in [-0.25, -0.2) is 8.42 Å². The van der Waals surface area contributed by atoms with Crippen LogP contribution in [0.25, 0.3) is 0 Å². The highest BCUT2D eigenvalue weighted by atomic mass is 32.2. The second-order valence-electron chi connectivity index (χ2n) is 4.69. The standard InChI is InChI=1S/C15H13NO4S2/c1-16-14-6-4-3-5-12(21-14)15(17)11-8-7-10(20-2)9-13(11)22(16,18)19/h3-9H,1-2H3. The first-order chi connectivity index (χ1) is 10.4. The molecule has 1 aromatic rings. The van der Waals surface area contributed by atoms with Gasteiger partial charge >= 0.3 is 0 Å². The average Bonchev–Trinajstić information content (AvgIpc) is 2.78. The molecule has 0 aromatic heterocycles. The average molecular weight is 335 g/mol. The van der Waals surface area contributed by atoms with E-state index in [4.69, 9.17) is 4.74 Å². The smallest absolute Gasteiger partial charge is 0.265 e. The Labute approximate surface area is 133 Å². The van der Waals surface area contributed by atoms with Gasteiger partial charge in [-0.3, -0.25) is 9.10 Å². The van der Waals surface area contributed by atoms with Gasteiger partial charge in [-0.2, -0.15) is 0 Å². The molecular formula is C15H13NO4S2. The zero-order valence-corrected chi connectivity index (χ0v) is 13.6. The molecule has 22 heavy (non-hydrogen) atoms. The zero-order chi connectivity index (χ0) is 15.9. The third-order valence-corrected chi connectivity index (χ3v) is 6.51. The molecule has 2 bridgehead atoms. The Morgan fingerprint density at radius 3 is 2.64 bits per heavy atom. The zero-order valence-electron chi connectivity index (χ0n) is 11.9. The van der Waals surface area contributed by atoms with Crippen LogP contribution in [0, 0.1) is 0 Å². The first kappa shape index (κ1) is 14.9. The molecule has 0 saturated heterocycles. The lowest BCUT2D eigenvalue weighted by Gasteiger charge is -2.26. The third kappa shape index (κ3) is 2.26. The summed E-state index contributed by atoms with van der Waals surface area (Å²) in [7, 11) is -0.903. The molecule has 5 nitrogen and oxygen atoms in total. The van der Waals surface area contributed by atoms with Crippen LogP contribution in [0.2, 0.25) is 0 Å². The van der Waals surface area contributed by atoms with E-state index in [2.05, 4.69) is 0 Å². The van der Waals surface area contributed by atoms with Crippen LogP contribution in [0.4, 0.5) is 0 Å². The second-order valence-corrected chi connectivity index (χ2v) is 7.69. The van der Waals surface area contributed by atoms with Gasteiger partial charge in [0, 0.05) is 18.7 Å². The Balaban J connectivity index is 2.34. The SMILES string of the molecule is COc1ccc2c(c1)S(=O)(=O)N(C)C1=CC=CC=C(S1)C2=O. The van der Waals surface area contributed by atoms with E-state index in [1.54, 1.807) is 30.4 Å². The molecule has 0 fully saturated rings. The number of carbonyl (C=O) groups excluding carboxylic acids is 1. The first-order valence-electron chi connectivity index (χ1n) is 6.43. The van der Waals surface area contributed by atoms with Crippen LogP contribution in [0.15, 0.2) is 57.3 Å². The number of methoxy groups -OCH3 is 1. The Hall–Kier alpha value is -1.99. The molecule has 0 saturated carbocycles. The van der Waals surface area contributed by atoms with Crippen LogP contribution in [0.3, 0.4) is 0 Å². The van der Waals surface area contributed by atoms with E-state index in [1.165, 1.54) is 30.6 Å². The number of rotatable bonds is 1. The van der Waals surface area contributed by atoms with E-state index >= 15 is 0 Å². The number of sulfonamides is 1. The summed E-state index contributed by atoms with van der Waals surface area (Å²) in [6.07, 6.45) is 6.80. The van der Waals surface area contributed by atoms with Gasteiger partial charge in [0.1, 0.15) is 10.6 Å². The first-order valence-corrected chi connectivity index (χ1v) is 8.69. The third-order valence-electron chi connectivity index (χ3n) is 3.42. The van der Waals surface area contributed by atoms with Crippen molar-refractivity contribution in [2.45, 2.75) is 4.90 Å². The molecule has 0 amide bonds. The molecule has 2 aliphatic rings. The van der Waals surface area contributed by atoms with E-state index < -0.39 is 10.0 Å². The number of ketones is 1. The molecule has 2 aliphatic heterocycles. The lowest BCUT2D eigenvalue weighted by atomic mass is 10.1. The van der Waals surface area contributed by atoms with Crippen molar-refractivity contribution >= 4 is 27.6 Å². The highest BCUT2D eigenvalue weighted by molar-refractivity contribution is 8.08. The van der Waals surface area contributed by atoms with Crippen molar-refractivity contribution in [2.75, 3.05) is 14.2 Å². The minimum Gasteiger partial charge on any atom is -0.497 e. The van der Waals surface area contributed by atoms with Crippen LogP contribution < -0.4 is 4.74 Å². The quantitative estimate of drug-likeness (QED) is 0.789. The van der Waals surface area contributed by atoms with Gasteiger partial charge in [-0.1, -0.05) is 23.9 Å². The number of allylic oxidation sites excluding steroid dienone is 5. The minimum atomic E-state index is -3.83. The Morgan fingerprint density at radius 2 is 1.91 bits per heavy atom. The van der Waals surface area contributed by atoms with Crippen LogP contribution in [0.5, 0.6) is 5.75 Å². The Morgan fingerprint density at radius 1 is 1.18 bits per heavy atom. The molecule has 3 rings (SSSR count). The number of thioether (sulfide) groups is 1. The van der Waals surface area contributed by atoms with Gasteiger partial charge in [-0.15, -0.1) is 0 Å². The van der Waals surface area contributed by atoms with Gasteiger partial charge in [-0.05, 0) is 24.3 Å². The number of benzene rings is 1. The normalized spacial score (nSPS) is 19.4. The fourth-order valence-corrected chi connectivity index (χ4v) is 4.73. The number of Topliss-reactive ketones (excluding diaryl/α,β-unsaturated/α-hetero) is 1. The molecule has 2 heterocycles. The monoisotopic (exact) mass is 335 g/mol. The van der Waals surface area contributed by atoms with Gasteiger partial charge < -0.3 is 4.74 Å². The Kier molecular flexibility index (Phi) is 3.62. The predicted octanol–water partition coefficient (Wildman–Crippen LogP) is 2.54. The summed E-state index contributed by atoms with van der Waals surface area (Å²) in [6, 6.07) is 4.46. The topological polar surface area (TPSA) is 63.7 Å². The summed E-state index contributed by atoms with van der Waals surface area (Å²) in [4.78, 5) is 13.1. The number of ether oxygens (including phenoxy) is 1. The summed E-state index contributed by atoms with van der Waals surface area (Å²) in [5, 5.41) is 0.474. The summed E-state index contributed by atoms with van der Waals surface area (Å²) in [5.74, 6) is 0.0811. The van der Waals surface area contributed by atoms with Crippen molar-refractivity contribution in [1.29, 1.82) is 0 Å². The number of hydrogen-bond donors (Lipinski definition) is 0. The van der Waals surface area contributed by atoms with Crippen molar-refractivity contribution in [1.82, 2.24) is 4.31 Å². The predicted molar refractivity (Wildman–Crippen MR) is 85.2 cm³/mol. The molecule has 0 N–H and O–H groups in total. The molecule has 0 unspecified atom stereocenters. The van der Waals surface area contributed by atoms with E-state index in [9.17, 15) is 13.2 Å². The largest absolute Gasteiger partial charge is 0.497 e. The van der Waals surface area contributed by atoms with Crippen molar-refractivity contribution in [3.63, 3.8) is 0 Å². The fraction of sp³-hybridized carbons (Fsp3) is 0.133. The minimum absolute atomic E-state index is 0.0432. The maximum Gasteiger partial charge on any atom is 0.265 e. The molecule has 0 atom stereocenters. The lowest BCUT2D eigenvalue weighted by molar-refractivity contribution is 0.103. The van der Waals surface area contributed by atoms with Gasteiger partial charge in [0.05, 0.1) is 17.0 Å². The molecular weight excluding hydrogens is 322 g/mol. The van der Waals surface area contributed by atoms with Crippen LogP contribution in [0.1, 0.15) is 10.4 Å². The second kappa shape index (κ2) is 5.33. The summed E-state index contributed by atoms with van der Waals surface area (Å²) < 4.78 is 31.9. The fourth-order valence-electron chi connectivity index (χ4n) is 2.18. The molecule has 7 heteroatoms. The number of hydrogen-bond acceptors (Lipinski definition) is 5. The summed E-state index contributed by atoms with van der Waals surface area (Å²) in [6.45, 7) is 0. The van der Waals surface area contributed by atoms with E-state index in [1.807, 2.05) is 0 Å². The van der Waals surface area contributed by atoms with Crippen LogP contribution in [-0.4, -0.2) is 32.7 Å². The highest BCUT2D eigenvalue weighted by Gasteiger charge is 2.34. The van der Waals surface area contributed by atoms with Crippen molar-refractivity contribution in [3.05, 3.63) is 58.0 Å². The molecule has 0 spiro atoms. The maximum atomic E-state index is 12.8. The molecule has 1 aromatic carbocycles. The number of nitrogens with zero attached hydrogens (tertiary/aromatic N) is 1. The molecule has 114 valence electrons. The highest BCUT2D eigenvalue weighted by Crippen LogP contribution is 2.39. The van der Waals surface area contributed by atoms with Gasteiger partial charge in [0.2, 0.25) is 5.78 Å². The summed E-state index contributed by atoms with van der Waals surface area (Å²) >= 11 is 1.15. The number of carbonyl (C=O) groups is 1. The number of fused-ring (bicyclic) bond motifs is 3. The van der Waals surface area contributed by atoms with E-state index in [-0.39, 0.29) is 16.2 Å². The van der Waals surface area contributed by atoms with Crippen LogP contribution >= 0.6 is 11.8 Å². The lowest BCUT2D eigenvalue weighted by Crippen LogP contribution is -2.29. The van der Waals surface area contributed by atoms with Gasteiger partial charge in [0.15, 0.2) is 0 Å². The molecule has 0 aliphatic carbocycles. The maximum absolute atomic E-state index is 12.8. The van der Waals surface area contributed by atoms with Crippen LogP contribution in [-0.2, 0) is 10.0 Å². The van der Waals surface area contributed by atoms with E-state index in [0.717, 1.165) is 11.8 Å². The Bertz CT molecular complexity index is 850. The summed E-state index contributed by atoms with van der Waals surface area (Å²) in [5.41, 5.74) is 0.153. The van der Waals surface area contributed by atoms with Crippen molar-refractivity contribution in [2.24, 2.45) is 0 Å². The van der Waals surface area contributed by atoms with Gasteiger partial charge in [0.25, 0.3) is 10.0 Å².